The third-order valence-electron chi connectivity index (χ3n) is 3.59. The van der Waals surface area contributed by atoms with E-state index in [4.69, 9.17) is 4.74 Å². The van der Waals surface area contributed by atoms with E-state index >= 15 is 0 Å². The van der Waals surface area contributed by atoms with E-state index in [-0.39, 0.29) is 5.97 Å². The van der Waals surface area contributed by atoms with E-state index in [0.29, 0.717) is 6.04 Å². The number of hydrogen-bond acceptors (Lipinski definition) is 4. The molecule has 0 aromatic rings. The molecule has 0 aromatic carbocycles. The smallest absolute Gasteiger partial charge is 0.333 e. The topological polar surface area (TPSA) is 32.8 Å². The third-order valence-corrected chi connectivity index (χ3v) is 3.59. The summed E-state index contributed by atoms with van der Waals surface area (Å²) in [6, 6.07) is 0.532. The van der Waals surface area contributed by atoms with E-state index in [2.05, 4.69) is 23.8 Å². The SMILES string of the molecule is CCC(=CCN1CCCN(C)CC1C)C(=O)OC. The molecular formula is C14H26N2O2. The van der Waals surface area contributed by atoms with Crippen molar-refractivity contribution in [2.45, 2.75) is 32.7 Å². The summed E-state index contributed by atoms with van der Waals surface area (Å²) < 4.78 is 4.78. The van der Waals surface area contributed by atoms with Crippen LogP contribution < -0.4 is 0 Å². The molecule has 104 valence electrons. The van der Waals surface area contributed by atoms with Gasteiger partial charge in [-0.2, -0.15) is 0 Å². The van der Waals surface area contributed by atoms with Crippen LogP contribution >= 0.6 is 0 Å². The number of nitrogens with zero attached hydrogens (tertiary/aromatic N) is 2. The maximum absolute atomic E-state index is 11.5. The minimum atomic E-state index is -0.197. The van der Waals surface area contributed by atoms with E-state index in [1.54, 1.807) is 0 Å². The Kier molecular flexibility index (Phi) is 6.36. The highest BCUT2D eigenvalue weighted by Gasteiger charge is 2.19. The molecule has 0 saturated carbocycles. The molecule has 0 bridgehead atoms. The zero-order valence-corrected chi connectivity index (χ0v) is 12.1. The highest BCUT2D eigenvalue weighted by molar-refractivity contribution is 5.88. The Morgan fingerprint density at radius 1 is 1.44 bits per heavy atom. The van der Waals surface area contributed by atoms with E-state index in [9.17, 15) is 4.79 Å². The van der Waals surface area contributed by atoms with Gasteiger partial charge < -0.3 is 9.64 Å². The van der Waals surface area contributed by atoms with E-state index in [0.717, 1.165) is 38.2 Å². The first kappa shape index (κ1) is 15.2. The zero-order chi connectivity index (χ0) is 13.5. The summed E-state index contributed by atoms with van der Waals surface area (Å²) in [4.78, 5) is 16.3. The van der Waals surface area contributed by atoms with Crippen molar-refractivity contribution in [2.24, 2.45) is 0 Å². The van der Waals surface area contributed by atoms with Crippen LogP contribution in [0.5, 0.6) is 0 Å². The summed E-state index contributed by atoms with van der Waals surface area (Å²) in [6.45, 7) is 8.42. The van der Waals surface area contributed by atoms with Crippen LogP contribution in [0.4, 0.5) is 0 Å². The van der Waals surface area contributed by atoms with Crippen LogP contribution in [0.3, 0.4) is 0 Å². The quantitative estimate of drug-likeness (QED) is 0.562. The average Bonchev–Trinajstić information content (AvgIpc) is 2.51. The Bertz CT molecular complexity index is 302. The summed E-state index contributed by atoms with van der Waals surface area (Å²) in [7, 11) is 3.61. The summed E-state index contributed by atoms with van der Waals surface area (Å²) in [5, 5.41) is 0. The second kappa shape index (κ2) is 7.54. The van der Waals surface area contributed by atoms with Crippen molar-refractivity contribution in [3.63, 3.8) is 0 Å². The van der Waals surface area contributed by atoms with Gasteiger partial charge in [-0.25, -0.2) is 4.79 Å². The van der Waals surface area contributed by atoms with Gasteiger partial charge in [-0.05, 0) is 33.4 Å². The number of hydrogen-bond donors (Lipinski definition) is 0. The van der Waals surface area contributed by atoms with E-state index in [1.807, 2.05) is 13.0 Å². The van der Waals surface area contributed by atoms with Gasteiger partial charge in [-0.15, -0.1) is 0 Å². The predicted octanol–water partition coefficient (Wildman–Crippen LogP) is 1.52. The lowest BCUT2D eigenvalue weighted by Crippen LogP contribution is -2.38. The van der Waals surface area contributed by atoms with Gasteiger partial charge in [-0.3, -0.25) is 4.90 Å². The molecular weight excluding hydrogens is 228 g/mol. The number of carbonyl (C=O) groups is 1. The van der Waals surface area contributed by atoms with Gasteiger partial charge in [-0.1, -0.05) is 13.0 Å². The van der Waals surface area contributed by atoms with Crippen molar-refractivity contribution >= 4 is 5.97 Å². The van der Waals surface area contributed by atoms with Gasteiger partial charge in [0.2, 0.25) is 0 Å². The first-order chi connectivity index (χ1) is 8.58. The number of esters is 1. The third kappa shape index (κ3) is 4.42. The van der Waals surface area contributed by atoms with Crippen LogP contribution in [-0.2, 0) is 9.53 Å². The van der Waals surface area contributed by atoms with Crippen molar-refractivity contribution in [2.75, 3.05) is 40.3 Å². The molecule has 0 N–H and O–H groups in total. The first-order valence-electron chi connectivity index (χ1n) is 6.78. The molecule has 4 nitrogen and oxygen atoms in total. The largest absolute Gasteiger partial charge is 0.466 e. The molecule has 1 unspecified atom stereocenters. The van der Waals surface area contributed by atoms with Crippen molar-refractivity contribution in [3.05, 3.63) is 11.6 Å². The van der Waals surface area contributed by atoms with Crippen molar-refractivity contribution in [3.8, 4) is 0 Å². The lowest BCUT2D eigenvalue weighted by Gasteiger charge is -2.26. The van der Waals surface area contributed by atoms with Gasteiger partial charge in [0.1, 0.15) is 0 Å². The lowest BCUT2D eigenvalue weighted by atomic mass is 10.2. The summed E-state index contributed by atoms with van der Waals surface area (Å²) in [5.74, 6) is -0.197. The molecule has 1 fully saturated rings. The molecule has 18 heavy (non-hydrogen) atoms. The Balaban J connectivity index is 2.59. The van der Waals surface area contributed by atoms with Crippen molar-refractivity contribution < 1.29 is 9.53 Å². The Labute approximate surface area is 111 Å². The minimum Gasteiger partial charge on any atom is -0.466 e. The normalized spacial score (nSPS) is 23.8. The van der Waals surface area contributed by atoms with Crippen LogP contribution in [0.1, 0.15) is 26.7 Å². The molecule has 1 saturated heterocycles. The average molecular weight is 254 g/mol. The number of likely N-dealkylation sites (N-methyl/N-ethyl adjacent to an activating group) is 1. The zero-order valence-electron chi connectivity index (χ0n) is 12.1. The molecule has 4 heteroatoms. The van der Waals surface area contributed by atoms with Crippen molar-refractivity contribution in [1.82, 2.24) is 9.80 Å². The highest BCUT2D eigenvalue weighted by Crippen LogP contribution is 2.10. The monoisotopic (exact) mass is 254 g/mol. The second-order valence-electron chi connectivity index (χ2n) is 5.03. The molecule has 1 rings (SSSR count). The number of ether oxygens (including phenoxy) is 1. The summed E-state index contributed by atoms with van der Waals surface area (Å²) in [6.07, 6.45) is 3.94. The molecule has 1 aliphatic heterocycles. The Hall–Kier alpha value is -0.870. The van der Waals surface area contributed by atoms with E-state index < -0.39 is 0 Å². The molecule has 0 spiro atoms. The summed E-state index contributed by atoms with van der Waals surface area (Å²) in [5.41, 5.74) is 0.780. The van der Waals surface area contributed by atoms with Gasteiger partial charge in [0.05, 0.1) is 7.11 Å². The predicted molar refractivity (Wildman–Crippen MR) is 73.5 cm³/mol. The number of rotatable bonds is 4. The van der Waals surface area contributed by atoms with Crippen LogP contribution in [0.25, 0.3) is 0 Å². The summed E-state index contributed by atoms with van der Waals surface area (Å²) >= 11 is 0. The van der Waals surface area contributed by atoms with Crippen LogP contribution in [0.2, 0.25) is 0 Å². The fourth-order valence-corrected chi connectivity index (χ4v) is 2.42. The molecule has 0 aliphatic carbocycles. The second-order valence-corrected chi connectivity index (χ2v) is 5.03. The van der Waals surface area contributed by atoms with Gasteiger partial charge in [0, 0.05) is 31.2 Å². The molecule has 0 aromatic heterocycles. The molecule has 1 heterocycles. The molecule has 0 radical (unpaired) electrons. The number of carbonyl (C=O) groups excluding carboxylic acids is 1. The fourth-order valence-electron chi connectivity index (χ4n) is 2.42. The van der Waals surface area contributed by atoms with Crippen LogP contribution in [0.15, 0.2) is 11.6 Å². The molecule has 1 aliphatic rings. The van der Waals surface area contributed by atoms with Gasteiger partial charge in [0.15, 0.2) is 0 Å². The van der Waals surface area contributed by atoms with Crippen molar-refractivity contribution in [1.29, 1.82) is 0 Å². The first-order valence-corrected chi connectivity index (χ1v) is 6.78. The van der Waals surface area contributed by atoms with E-state index in [1.165, 1.54) is 13.5 Å². The fraction of sp³-hybridized carbons (Fsp3) is 0.786. The Morgan fingerprint density at radius 3 is 2.78 bits per heavy atom. The molecule has 1 atom stereocenters. The lowest BCUT2D eigenvalue weighted by molar-refractivity contribution is -0.136. The number of methoxy groups -OCH3 is 1. The van der Waals surface area contributed by atoms with Gasteiger partial charge in [0.25, 0.3) is 0 Å². The Morgan fingerprint density at radius 2 is 2.17 bits per heavy atom. The maximum Gasteiger partial charge on any atom is 0.333 e. The minimum absolute atomic E-state index is 0.197. The van der Waals surface area contributed by atoms with Crippen LogP contribution in [0, 0.1) is 0 Å². The highest BCUT2D eigenvalue weighted by atomic mass is 16.5. The molecule has 0 amide bonds. The maximum atomic E-state index is 11.5. The standard InChI is InChI=1S/C14H26N2O2/c1-5-13(14(17)18-4)7-10-16-9-6-8-15(3)11-12(16)2/h7,12H,5-6,8-11H2,1-4H3. The van der Waals surface area contributed by atoms with Crippen LogP contribution in [-0.4, -0.2) is 62.1 Å². The van der Waals surface area contributed by atoms with Gasteiger partial charge >= 0.3 is 5.97 Å².